The Hall–Kier alpha value is -4.92. The van der Waals surface area contributed by atoms with Gasteiger partial charge in [0.2, 0.25) is 0 Å². The summed E-state index contributed by atoms with van der Waals surface area (Å²) in [5.41, 5.74) is 4.56. The third-order valence-electron chi connectivity index (χ3n) is 10.8. The number of hydrogen-bond acceptors (Lipinski definition) is 17. The van der Waals surface area contributed by atoms with E-state index in [1.165, 1.54) is 6.07 Å². The topological polar surface area (TPSA) is 306 Å². The van der Waals surface area contributed by atoms with E-state index in [1.807, 2.05) is 42.5 Å². The molecule has 0 saturated carbocycles. The maximum absolute atomic E-state index is 12.9. The van der Waals surface area contributed by atoms with Crippen LogP contribution in [0.25, 0.3) is 0 Å². The molecule has 1 aliphatic heterocycles. The Morgan fingerprint density at radius 2 is 1.25 bits per heavy atom. The van der Waals surface area contributed by atoms with Crippen LogP contribution in [0.3, 0.4) is 0 Å². The van der Waals surface area contributed by atoms with E-state index in [-0.39, 0.29) is 37.9 Å². The Morgan fingerprint density at radius 1 is 0.711 bits per heavy atom. The molecule has 0 spiro atoms. The Balaban J connectivity index is 1.90. The van der Waals surface area contributed by atoms with Crippen molar-refractivity contribution < 1.29 is 76.5 Å². The van der Waals surface area contributed by atoms with E-state index < -0.39 is 95.9 Å². The molecule has 20 nitrogen and oxygen atoms in total. The number of carbonyl (C=O) groups excluding carboxylic acids is 2. The largest absolute Gasteiger partial charge is 0.481 e. The van der Waals surface area contributed by atoms with Gasteiger partial charge in [-0.05, 0) is 76.7 Å². The SMILES string of the molecule is CC/C=C\C/C=C\C/C=C\C/C=C\C/C=C\C/C=C\CCC(=O)O[C@H](COC(=O)CCC[C@@H](O)/C=C/C=C\C/C=C\C=C\[C@@H](O)CCCCC)COP(=O)(O)OP(=O)(O)OC[C@H]1O[C@@H](n2ccc(N)nc2=O)[C@H](O)[C@@H]1O. The van der Waals surface area contributed by atoms with Crippen LogP contribution >= 0.6 is 15.6 Å². The predicted molar refractivity (Wildman–Crippen MR) is 291 cm³/mol. The number of aromatic nitrogens is 2. The average Bonchev–Trinajstić information content (AvgIpc) is 3.65. The zero-order valence-corrected chi connectivity index (χ0v) is 45.5. The van der Waals surface area contributed by atoms with E-state index >= 15 is 0 Å². The average molecular weight is 1110 g/mol. The fraction of sp³-hybridized carbons (Fsp3) is 0.519. The standard InChI is InChI=1S/C54H81N3O17P2/c1-3-5-7-8-9-10-11-12-13-14-15-16-17-18-19-20-24-27-31-37-50(61)72-46(41-69-49(60)38-32-36-45(59)35-30-26-23-21-22-25-29-34-44(58)33-28-6-4-2)42-70-75(65,66)74-76(67,68)71-43-47-51(62)52(63)53(73-47)57-40-39-48(55)56-54(57)64/h5,7,9-10,12-13,15-16,18-19,22-27,29-30,34-35,39-40,44-47,51-53,58-59,62-63H,3-4,6,8,11,14,17,20-21,28,31-33,36-38,41-43H2,1-2H3,(H,65,66)(H,67,68)(H2,55,56,64)/b7-5-,10-9-,13-12-,16-15-,19-18-,25-22-,26-23-,27-24-,34-29+,35-30+/t44-,45-,46+,47+,51+,52+,53+/m0/s1. The van der Waals surface area contributed by atoms with Gasteiger partial charge >= 0.3 is 33.3 Å². The summed E-state index contributed by atoms with van der Waals surface area (Å²) in [6, 6.07) is 1.23. The van der Waals surface area contributed by atoms with Gasteiger partial charge in [0.1, 0.15) is 30.7 Å². The lowest BCUT2D eigenvalue weighted by Crippen LogP contribution is -2.36. The molecule has 0 radical (unpaired) electrons. The molecule has 76 heavy (non-hydrogen) atoms. The number of nitrogens with two attached hydrogens (primary N) is 1. The normalized spacial score (nSPS) is 20.5. The number of carbonyl (C=O) groups is 2. The fourth-order valence-corrected chi connectivity index (χ4v) is 8.84. The molecule has 0 bridgehead atoms. The maximum Gasteiger partial charge on any atom is 0.481 e. The number of ether oxygens (including phenoxy) is 3. The van der Waals surface area contributed by atoms with Crippen LogP contribution in [0.5, 0.6) is 0 Å². The predicted octanol–water partition coefficient (Wildman–Crippen LogP) is 8.72. The first-order chi connectivity index (χ1) is 36.5. The fourth-order valence-electron chi connectivity index (χ4n) is 6.73. The van der Waals surface area contributed by atoms with Gasteiger partial charge in [0.15, 0.2) is 12.3 Å². The van der Waals surface area contributed by atoms with E-state index in [0.29, 0.717) is 12.8 Å². The Kier molecular flexibility index (Phi) is 35.6. The molecule has 1 saturated heterocycles. The first-order valence-corrected chi connectivity index (χ1v) is 28.8. The number of rotatable bonds is 40. The molecule has 424 valence electrons. The number of esters is 2. The summed E-state index contributed by atoms with van der Waals surface area (Å²) < 4.78 is 56.5. The third kappa shape index (κ3) is 32.6. The van der Waals surface area contributed by atoms with Crippen LogP contribution in [-0.4, -0.2) is 108 Å². The molecule has 1 aromatic heterocycles. The summed E-state index contributed by atoms with van der Waals surface area (Å²) in [6.07, 6.45) is 40.7. The number of nitrogen functional groups attached to an aromatic ring is 1. The second-order valence-corrected chi connectivity index (χ2v) is 20.4. The number of allylic oxidation sites excluding steroid dienone is 18. The van der Waals surface area contributed by atoms with Crippen LogP contribution in [-0.2, 0) is 46.3 Å². The number of hydrogen-bond donors (Lipinski definition) is 7. The van der Waals surface area contributed by atoms with Crippen molar-refractivity contribution >= 4 is 33.4 Å². The minimum atomic E-state index is -5.50. The van der Waals surface area contributed by atoms with Crippen molar-refractivity contribution in [2.45, 2.75) is 159 Å². The quantitative estimate of drug-likeness (QED) is 0.0106. The molecule has 0 aliphatic carbocycles. The maximum atomic E-state index is 12.9. The highest BCUT2D eigenvalue weighted by Crippen LogP contribution is 2.60. The van der Waals surface area contributed by atoms with E-state index in [2.05, 4.69) is 71.8 Å². The summed E-state index contributed by atoms with van der Waals surface area (Å²) in [4.78, 5) is 61.9. The highest BCUT2D eigenvalue weighted by atomic mass is 31.3. The van der Waals surface area contributed by atoms with Gasteiger partial charge in [-0.2, -0.15) is 9.29 Å². The van der Waals surface area contributed by atoms with Crippen LogP contribution in [0.4, 0.5) is 5.82 Å². The second-order valence-electron chi connectivity index (χ2n) is 17.3. The summed E-state index contributed by atoms with van der Waals surface area (Å²) in [7, 11) is -11.0. The molecule has 1 fully saturated rings. The lowest BCUT2D eigenvalue weighted by molar-refractivity contribution is -0.161. The van der Waals surface area contributed by atoms with Crippen molar-refractivity contribution in [3.8, 4) is 0 Å². The highest BCUT2D eigenvalue weighted by Gasteiger charge is 2.46. The zero-order valence-electron chi connectivity index (χ0n) is 43.7. The molecular formula is C54H81N3O17P2. The van der Waals surface area contributed by atoms with Crippen molar-refractivity contribution in [3.05, 3.63) is 144 Å². The monoisotopic (exact) mass is 1110 g/mol. The Morgan fingerprint density at radius 3 is 1.82 bits per heavy atom. The van der Waals surface area contributed by atoms with Crippen LogP contribution in [0.1, 0.15) is 123 Å². The molecule has 2 unspecified atom stereocenters. The van der Waals surface area contributed by atoms with Gasteiger partial charge in [-0.1, -0.05) is 155 Å². The van der Waals surface area contributed by atoms with Crippen LogP contribution in [0.15, 0.2) is 139 Å². The molecular weight excluding hydrogens is 1020 g/mol. The number of phosphoric acid groups is 2. The van der Waals surface area contributed by atoms with Gasteiger partial charge in [0.25, 0.3) is 0 Å². The number of phosphoric ester groups is 2. The molecule has 8 N–H and O–H groups in total. The minimum Gasteiger partial charge on any atom is -0.462 e. The number of anilines is 1. The smallest absolute Gasteiger partial charge is 0.462 e. The molecule has 0 amide bonds. The zero-order chi connectivity index (χ0) is 55.9. The number of unbranched alkanes of at least 4 members (excludes halogenated alkanes) is 2. The molecule has 2 heterocycles. The van der Waals surface area contributed by atoms with E-state index in [4.69, 9.17) is 29.0 Å². The lowest BCUT2D eigenvalue weighted by Gasteiger charge is -2.21. The molecule has 22 heteroatoms. The van der Waals surface area contributed by atoms with Crippen LogP contribution in [0, 0.1) is 0 Å². The van der Waals surface area contributed by atoms with Crippen molar-refractivity contribution in [2.75, 3.05) is 25.6 Å². The van der Waals surface area contributed by atoms with E-state index in [9.17, 15) is 53.7 Å². The first-order valence-electron chi connectivity index (χ1n) is 25.8. The lowest BCUT2D eigenvalue weighted by atomic mass is 10.1. The van der Waals surface area contributed by atoms with Gasteiger partial charge < -0.3 is 50.2 Å². The van der Waals surface area contributed by atoms with Gasteiger partial charge in [0.05, 0.1) is 25.4 Å². The summed E-state index contributed by atoms with van der Waals surface area (Å²) >= 11 is 0. The molecule has 0 aromatic carbocycles. The van der Waals surface area contributed by atoms with Crippen LogP contribution < -0.4 is 11.4 Å². The van der Waals surface area contributed by atoms with Gasteiger partial charge in [0, 0.05) is 19.0 Å². The molecule has 1 aliphatic rings. The van der Waals surface area contributed by atoms with Crippen molar-refractivity contribution in [3.63, 3.8) is 0 Å². The van der Waals surface area contributed by atoms with Crippen molar-refractivity contribution in [1.29, 1.82) is 0 Å². The highest BCUT2D eigenvalue weighted by molar-refractivity contribution is 7.61. The summed E-state index contributed by atoms with van der Waals surface area (Å²) in [6.45, 7) is 1.63. The van der Waals surface area contributed by atoms with Gasteiger partial charge in [-0.15, -0.1) is 0 Å². The first kappa shape index (κ1) is 67.2. The Bertz CT molecular complexity index is 2290. The second kappa shape index (κ2) is 40.3. The Labute approximate surface area is 447 Å². The number of aliphatic hydroxyl groups excluding tert-OH is 4. The molecule has 1 aromatic rings. The van der Waals surface area contributed by atoms with E-state index in [0.717, 1.165) is 68.6 Å². The van der Waals surface area contributed by atoms with E-state index in [1.54, 1.807) is 30.4 Å². The molecule has 2 rings (SSSR count). The van der Waals surface area contributed by atoms with Gasteiger partial charge in [-0.3, -0.25) is 23.2 Å². The van der Waals surface area contributed by atoms with Crippen LogP contribution in [0.2, 0.25) is 0 Å². The third-order valence-corrected chi connectivity index (χ3v) is 13.4. The van der Waals surface area contributed by atoms with Crippen molar-refractivity contribution in [2.24, 2.45) is 0 Å². The summed E-state index contributed by atoms with van der Waals surface area (Å²) in [5, 5.41) is 41.2. The molecule has 9 atom stereocenters. The number of nitrogens with zero attached hydrogens (tertiary/aromatic N) is 2. The minimum absolute atomic E-state index is 0.122. The number of aliphatic hydroxyl groups is 4. The summed E-state index contributed by atoms with van der Waals surface area (Å²) in [5.74, 6) is -1.66. The van der Waals surface area contributed by atoms with Crippen molar-refractivity contribution in [1.82, 2.24) is 9.55 Å². The van der Waals surface area contributed by atoms with Gasteiger partial charge in [-0.25, -0.2) is 13.9 Å².